The van der Waals surface area contributed by atoms with E-state index >= 15 is 0 Å². The topological polar surface area (TPSA) is 85.5 Å². The van der Waals surface area contributed by atoms with E-state index in [0.717, 1.165) is 17.1 Å². The number of amides is 3. The van der Waals surface area contributed by atoms with Gasteiger partial charge in [0.05, 0.1) is 11.4 Å². The molecule has 1 fully saturated rings. The molecule has 3 aliphatic heterocycles. The monoisotopic (exact) mass is 366 g/mol. The molecule has 8 heteroatoms. The molecule has 0 aliphatic carbocycles. The standard InChI is InChI=1S/C19H22N6O2/c1-5-10-23-17(26)15-16(22(4)19(23)27)21-18-24(11(2)12(3)25(15)18)14-9-7-6-8-13(14)20/h5-9,15-16H,1,10,20H2,2-4H3. The SMILES string of the molecule is C=CCN1C(=O)C2C(N=C3N(c4ccccc4N)C(C)=C(C)N32)N(C)C1=O. The van der Waals surface area contributed by atoms with Crippen LogP contribution in [0.2, 0.25) is 0 Å². The molecule has 1 aromatic carbocycles. The molecule has 2 N–H and O–H groups in total. The quantitative estimate of drug-likeness (QED) is 0.651. The Morgan fingerprint density at radius 3 is 2.59 bits per heavy atom. The molecule has 3 heterocycles. The fourth-order valence-electron chi connectivity index (χ4n) is 3.89. The lowest BCUT2D eigenvalue weighted by Gasteiger charge is -2.40. The summed E-state index contributed by atoms with van der Waals surface area (Å²) in [7, 11) is 1.67. The first-order valence-corrected chi connectivity index (χ1v) is 8.76. The van der Waals surface area contributed by atoms with E-state index in [1.807, 2.05) is 47.9 Å². The van der Waals surface area contributed by atoms with Crippen LogP contribution in [0, 0.1) is 0 Å². The molecule has 1 saturated heterocycles. The Morgan fingerprint density at radius 2 is 1.93 bits per heavy atom. The number of hydrogen-bond acceptors (Lipinski definition) is 6. The molecular formula is C19H22N6O2. The third-order valence-electron chi connectivity index (χ3n) is 5.38. The highest BCUT2D eigenvalue weighted by molar-refractivity contribution is 6.11. The van der Waals surface area contributed by atoms with Crippen molar-refractivity contribution in [3.8, 4) is 0 Å². The second-order valence-corrected chi connectivity index (χ2v) is 6.85. The molecule has 3 aliphatic rings. The van der Waals surface area contributed by atoms with Gasteiger partial charge in [-0.2, -0.15) is 0 Å². The highest BCUT2D eigenvalue weighted by Gasteiger charge is 2.55. The average molecular weight is 366 g/mol. The smallest absolute Gasteiger partial charge is 0.328 e. The van der Waals surface area contributed by atoms with Crippen molar-refractivity contribution in [1.29, 1.82) is 0 Å². The third kappa shape index (κ3) is 2.19. The Bertz CT molecular complexity index is 921. The maximum Gasteiger partial charge on any atom is 0.328 e. The van der Waals surface area contributed by atoms with Crippen molar-refractivity contribution in [1.82, 2.24) is 14.7 Å². The van der Waals surface area contributed by atoms with Gasteiger partial charge in [-0.1, -0.05) is 18.2 Å². The molecule has 0 aromatic heterocycles. The molecule has 0 spiro atoms. The number of benzene rings is 1. The van der Waals surface area contributed by atoms with E-state index in [2.05, 4.69) is 6.58 Å². The number of rotatable bonds is 3. The zero-order chi connectivity index (χ0) is 19.5. The molecule has 3 amide bonds. The number of hydrogen-bond donors (Lipinski definition) is 1. The van der Waals surface area contributed by atoms with Crippen LogP contribution in [0.5, 0.6) is 0 Å². The Balaban J connectivity index is 1.81. The summed E-state index contributed by atoms with van der Waals surface area (Å²) in [5.41, 5.74) is 9.48. The van der Waals surface area contributed by atoms with E-state index in [-0.39, 0.29) is 18.5 Å². The van der Waals surface area contributed by atoms with Gasteiger partial charge in [0, 0.05) is 25.0 Å². The van der Waals surface area contributed by atoms with Crippen molar-refractivity contribution < 1.29 is 9.59 Å². The van der Waals surface area contributed by atoms with Crippen molar-refractivity contribution in [3.05, 3.63) is 48.3 Å². The molecule has 4 rings (SSSR count). The van der Waals surface area contributed by atoms with Crippen LogP contribution >= 0.6 is 0 Å². The second kappa shape index (κ2) is 5.87. The molecule has 0 bridgehead atoms. The summed E-state index contributed by atoms with van der Waals surface area (Å²) in [6, 6.07) is 6.57. The van der Waals surface area contributed by atoms with Gasteiger partial charge < -0.3 is 10.6 Å². The predicted molar refractivity (Wildman–Crippen MR) is 104 cm³/mol. The van der Waals surface area contributed by atoms with Crippen molar-refractivity contribution in [3.63, 3.8) is 0 Å². The number of nitrogens with two attached hydrogens (primary N) is 1. The number of allylic oxidation sites excluding steroid dienone is 2. The lowest BCUT2D eigenvalue weighted by molar-refractivity contribution is -0.136. The third-order valence-corrected chi connectivity index (χ3v) is 5.38. The lowest BCUT2D eigenvalue weighted by Crippen LogP contribution is -2.64. The van der Waals surface area contributed by atoms with Crippen LogP contribution < -0.4 is 10.6 Å². The van der Waals surface area contributed by atoms with Crippen molar-refractivity contribution >= 4 is 29.3 Å². The van der Waals surface area contributed by atoms with Crippen LogP contribution in [0.15, 0.2) is 53.3 Å². The number of fused-ring (bicyclic) bond motifs is 3. The van der Waals surface area contributed by atoms with E-state index in [1.165, 1.54) is 9.80 Å². The number of carbonyl (C=O) groups excluding carboxylic acids is 2. The minimum Gasteiger partial charge on any atom is -0.397 e. The minimum atomic E-state index is -0.590. The number of carbonyl (C=O) groups is 2. The number of nitrogens with zero attached hydrogens (tertiary/aromatic N) is 5. The van der Waals surface area contributed by atoms with E-state index in [9.17, 15) is 9.59 Å². The summed E-state index contributed by atoms with van der Waals surface area (Å²) in [6.07, 6.45) is 0.979. The number of guanidine groups is 1. The summed E-state index contributed by atoms with van der Waals surface area (Å²) in [4.78, 5) is 37.0. The first kappa shape index (κ1) is 17.1. The number of para-hydroxylation sites is 2. The largest absolute Gasteiger partial charge is 0.397 e. The van der Waals surface area contributed by atoms with Crippen molar-refractivity contribution in [2.24, 2.45) is 4.99 Å². The number of nitrogen functional groups attached to an aromatic ring is 1. The summed E-state index contributed by atoms with van der Waals surface area (Å²) < 4.78 is 0. The fraction of sp³-hybridized carbons (Fsp3) is 0.316. The van der Waals surface area contributed by atoms with Crippen molar-refractivity contribution in [2.45, 2.75) is 26.1 Å². The molecule has 27 heavy (non-hydrogen) atoms. The zero-order valence-electron chi connectivity index (χ0n) is 15.6. The van der Waals surface area contributed by atoms with E-state index in [4.69, 9.17) is 10.7 Å². The maximum atomic E-state index is 13.1. The highest BCUT2D eigenvalue weighted by atomic mass is 16.2. The number of aliphatic imine (C=N–C) groups is 1. The van der Waals surface area contributed by atoms with Crippen molar-refractivity contribution in [2.75, 3.05) is 24.2 Å². The van der Waals surface area contributed by atoms with Crippen LogP contribution in [0.3, 0.4) is 0 Å². The van der Waals surface area contributed by atoms with Crippen LogP contribution in [0.25, 0.3) is 0 Å². The van der Waals surface area contributed by atoms with Gasteiger partial charge in [0.25, 0.3) is 5.91 Å². The maximum absolute atomic E-state index is 13.1. The molecule has 2 unspecified atom stereocenters. The molecule has 8 nitrogen and oxygen atoms in total. The van der Waals surface area contributed by atoms with Crippen LogP contribution in [0.4, 0.5) is 16.2 Å². The summed E-state index contributed by atoms with van der Waals surface area (Å²) in [5, 5.41) is 0. The second-order valence-electron chi connectivity index (χ2n) is 6.85. The predicted octanol–water partition coefficient (Wildman–Crippen LogP) is 1.79. The van der Waals surface area contributed by atoms with E-state index < -0.39 is 12.2 Å². The fourth-order valence-corrected chi connectivity index (χ4v) is 3.89. The first-order chi connectivity index (χ1) is 12.9. The Hall–Kier alpha value is -3.29. The van der Waals surface area contributed by atoms with Crippen LogP contribution in [-0.4, -0.2) is 58.4 Å². The van der Waals surface area contributed by atoms with Gasteiger partial charge in [-0.05, 0) is 26.0 Å². The van der Waals surface area contributed by atoms with Gasteiger partial charge in [-0.3, -0.25) is 19.5 Å². The van der Waals surface area contributed by atoms with Gasteiger partial charge >= 0.3 is 6.03 Å². The number of imide groups is 1. The molecule has 140 valence electrons. The normalized spacial score (nSPS) is 24.5. The Kier molecular flexibility index (Phi) is 3.73. The molecule has 0 saturated carbocycles. The lowest BCUT2D eigenvalue weighted by atomic mass is 10.1. The zero-order valence-corrected chi connectivity index (χ0v) is 15.6. The van der Waals surface area contributed by atoms with Gasteiger partial charge in [0.2, 0.25) is 5.96 Å². The Morgan fingerprint density at radius 1 is 1.22 bits per heavy atom. The van der Waals surface area contributed by atoms with Gasteiger partial charge in [0.1, 0.15) is 0 Å². The van der Waals surface area contributed by atoms with E-state index in [1.54, 1.807) is 13.1 Å². The number of likely N-dealkylation sites (N-methyl/N-ethyl adjacent to an activating group) is 1. The number of urea groups is 1. The van der Waals surface area contributed by atoms with Crippen LogP contribution in [0.1, 0.15) is 13.8 Å². The van der Waals surface area contributed by atoms with Gasteiger partial charge in [-0.25, -0.2) is 9.79 Å². The Labute approximate surface area is 157 Å². The molecule has 2 atom stereocenters. The highest BCUT2D eigenvalue weighted by Crippen LogP contribution is 2.41. The summed E-state index contributed by atoms with van der Waals surface area (Å²) in [6.45, 7) is 7.75. The average Bonchev–Trinajstić information content (AvgIpc) is 3.14. The summed E-state index contributed by atoms with van der Waals surface area (Å²) >= 11 is 0. The number of anilines is 2. The molecule has 1 aromatic rings. The van der Waals surface area contributed by atoms with Gasteiger partial charge in [-0.15, -0.1) is 6.58 Å². The first-order valence-electron chi connectivity index (χ1n) is 8.76. The molecular weight excluding hydrogens is 344 g/mol. The van der Waals surface area contributed by atoms with Crippen LogP contribution in [-0.2, 0) is 4.79 Å². The summed E-state index contributed by atoms with van der Waals surface area (Å²) in [5.74, 6) is 0.350. The van der Waals surface area contributed by atoms with E-state index in [0.29, 0.717) is 11.6 Å². The minimum absolute atomic E-state index is 0.172. The molecule has 0 radical (unpaired) electrons. The van der Waals surface area contributed by atoms with Gasteiger partial charge in [0.15, 0.2) is 12.2 Å².